The molecule has 1 nitrogen and oxygen atoms in total. The predicted molar refractivity (Wildman–Crippen MR) is 86.1 cm³/mol. The smallest absolute Gasteiger partial charge is 0.0420 e. The minimum Gasteiger partial charge on any atom is -0.313 e. The van der Waals surface area contributed by atoms with Gasteiger partial charge in [0, 0.05) is 20.6 Å². The van der Waals surface area contributed by atoms with Crippen LogP contribution in [0.1, 0.15) is 17.2 Å². The van der Waals surface area contributed by atoms with Gasteiger partial charge in [0.1, 0.15) is 0 Å². The quantitative estimate of drug-likeness (QED) is 0.786. The molecule has 19 heavy (non-hydrogen) atoms. The summed E-state index contributed by atoms with van der Waals surface area (Å²) >= 11 is 15.6. The minimum atomic E-state index is 0.202. The van der Waals surface area contributed by atoms with Crippen molar-refractivity contribution in [2.24, 2.45) is 0 Å². The van der Waals surface area contributed by atoms with Crippen molar-refractivity contribution in [2.75, 3.05) is 7.05 Å². The molecule has 1 N–H and O–H groups in total. The third-order valence-electron chi connectivity index (χ3n) is 2.96. The molecular formula is C15H14BrCl2N. The molecule has 0 heterocycles. The molecule has 2 rings (SSSR count). The third-order valence-corrected chi connectivity index (χ3v) is 3.88. The van der Waals surface area contributed by atoms with E-state index in [1.54, 1.807) is 0 Å². The van der Waals surface area contributed by atoms with Crippen LogP contribution >= 0.6 is 39.1 Å². The van der Waals surface area contributed by atoms with Gasteiger partial charge in [-0.3, -0.25) is 0 Å². The Labute approximate surface area is 132 Å². The SMILES string of the molecule is CNC(Cc1cccc(Cl)c1)c1cc(Cl)cc(Br)c1. The number of hydrogen-bond acceptors (Lipinski definition) is 1. The Morgan fingerprint density at radius 3 is 2.53 bits per heavy atom. The highest BCUT2D eigenvalue weighted by Gasteiger charge is 2.11. The fraction of sp³-hybridized carbons (Fsp3) is 0.200. The van der Waals surface area contributed by atoms with Gasteiger partial charge in [-0.2, -0.15) is 0 Å². The average Bonchev–Trinajstić information content (AvgIpc) is 2.34. The van der Waals surface area contributed by atoms with Gasteiger partial charge in [-0.05, 0) is 54.9 Å². The van der Waals surface area contributed by atoms with Gasteiger partial charge in [0.05, 0.1) is 0 Å². The van der Waals surface area contributed by atoms with Gasteiger partial charge in [-0.25, -0.2) is 0 Å². The van der Waals surface area contributed by atoms with Crippen molar-refractivity contribution < 1.29 is 0 Å². The molecule has 4 heteroatoms. The third kappa shape index (κ3) is 4.22. The van der Waals surface area contributed by atoms with Crippen molar-refractivity contribution in [3.05, 3.63) is 68.1 Å². The van der Waals surface area contributed by atoms with E-state index >= 15 is 0 Å². The van der Waals surface area contributed by atoms with Crippen LogP contribution in [0.5, 0.6) is 0 Å². The van der Waals surface area contributed by atoms with Crippen molar-refractivity contribution in [1.82, 2.24) is 5.32 Å². The molecule has 0 aliphatic rings. The number of benzene rings is 2. The zero-order valence-corrected chi connectivity index (χ0v) is 13.6. The molecular weight excluding hydrogens is 345 g/mol. The van der Waals surface area contributed by atoms with E-state index in [2.05, 4.69) is 33.4 Å². The molecule has 0 amide bonds. The maximum absolute atomic E-state index is 6.10. The highest BCUT2D eigenvalue weighted by Crippen LogP contribution is 2.26. The molecule has 0 spiro atoms. The van der Waals surface area contributed by atoms with Gasteiger partial charge < -0.3 is 5.32 Å². The van der Waals surface area contributed by atoms with Gasteiger partial charge in [0.2, 0.25) is 0 Å². The Morgan fingerprint density at radius 1 is 1.11 bits per heavy atom. The van der Waals surface area contributed by atoms with Crippen molar-refractivity contribution >= 4 is 39.1 Å². The lowest BCUT2D eigenvalue weighted by molar-refractivity contribution is 0.592. The Balaban J connectivity index is 2.24. The molecule has 1 unspecified atom stereocenters. The van der Waals surface area contributed by atoms with Crippen molar-refractivity contribution in [3.8, 4) is 0 Å². The fourth-order valence-corrected chi connectivity index (χ4v) is 3.16. The van der Waals surface area contributed by atoms with Crippen molar-refractivity contribution in [3.63, 3.8) is 0 Å². The summed E-state index contributed by atoms with van der Waals surface area (Å²) in [4.78, 5) is 0. The highest BCUT2D eigenvalue weighted by atomic mass is 79.9. The Kier molecular flexibility index (Phi) is 5.28. The van der Waals surface area contributed by atoms with Crippen LogP contribution in [0.25, 0.3) is 0 Å². The lowest BCUT2D eigenvalue weighted by Gasteiger charge is -2.17. The number of rotatable bonds is 4. The summed E-state index contributed by atoms with van der Waals surface area (Å²) in [7, 11) is 1.95. The van der Waals surface area contributed by atoms with Crippen LogP contribution in [0, 0.1) is 0 Å². The molecule has 100 valence electrons. The first-order valence-corrected chi connectivity index (χ1v) is 7.51. The van der Waals surface area contributed by atoms with Crippen LogP contribution in [0.2, 0.25) is 10.0 Å². The second-order valence-corrected chi connectivity index (χ2v) is 6.17. The van der Waals surface area contributed by atoms with E-state index in [0.29, 0.717) is 0 Å². The normalized spacial score (nSPS) is 12.4. The molecule has 0 saturated heterocycles. The second-order valence-electron chi connectivity index (χ2n) is 4.38. The van der Waals surface area contributed by atoms with E-state index in [0.717, 1.165) is 26.5 Å². The van der Waals surface area contributed by atoms with E-state index in [1.165, 1.54) is 5.56 Å². The predicted octanol–water partition coefficient (Wildman–Crippen LogP) is 5.26. The Bertz CT molecular complexity index is 552. The van der Waals surface area contributed by atoms with E-state index < -0.39 is 0 Å². The fourth-order valence-electron chi connectivity index (χ4n) is 2.06. The molecule has 0 bridgehead atoms. The van der Waals surface area contributed by atoms with Gasteiger partial charge in [-0.15, -0.1) is 0 Å². The van der Waals surface area contributed by atoms with E-state index in [1.807, 2.05) is 37.4 Å². The van der Waals surface area contributed by atoms with Crippen LogP contribution in [0.15, 0.2) is 46.9 Å². The molecule has 0 radical (unpaired) electrons. The van der Waals surface area contributed by atoms with E-state index in [-0.39, 0.29) is 6.04 Å². The Hall–Kier alpha value is -0.540. The summed E-state index contributed by atoms with van der Waals surface area (Å²) in [5, 5.41) is 4.81. The molecule has 0 aromatic heterocycles. The maximum Gasteiger partial charge on any atom is 0.0420 e. The average molecular weight is 359 g/mol. The topological polar surface area (TPSA) is 12.0 Å². The number of nitrogens with one attached hydrogen (secondary N) is 1. The van der Waals surface area contributed by atoms with Crippen LogP contribution in [-0.2, 0) is 6.42 Å². The van der Waals surface area contributed by atoms with E-state index in [4.69, 9.17) is 23.2 Å². The summed E-state index contributed by atoms with van der Waals surface area (Å²) in [6, 6.07) is 14.1. The first-order chi connectivity index (χ1) is 9.08. The number of likely N-dealkylation sites (N-methyl/N-ethyl adjacent to an activating group) is 1. The maximum atomic E-state index is 6.10. The van der Waals surface area contributed by atoms with Gasteiger partial charge >= 0.3 is 0 Å². The highest BCUT2D eigenvalue weighted by molar-refractivity contribution is 9.10. The first-order valence-electron chi connectivity index (χ1n) is 5.96. The first kappa shape index (κ1) is 14.9. The summed E-state index contributed by atoms with van der Waals surface area (Å²) < 4.78 is 0.987. The largest absolute Gasteiger partial charge is 0.313 e. The van der Waals surface area contributed by atoms with Gasteiger partial charge in [-0.1, -0.05) is 51.3 Å². The molecule has 0 saturated carbocycles. The zero-order chi connectivity index (χ0) is 13.8. The van der Waals surface area contributed by atoms with Crippen LogP contribution in [0.4, 0.5) is 0 Å². The summed E-state index contributed by atoms with van der Waals surface area (Å²) in [6.45, 7) is 0. The number of hydrogen-bond donors (Lipinski definition) is 1. The zero-order valence-electron chi connectivity index (χ0n) is 10.5. The standard InChI is InChI=1S/C15H14BrCl2N/c1-19-15(6-10-3-2-4-13(17)5-10)11-7-12(16)9-14(18)8-11/h2-5,7-9,15,19H,6H2,1H3. The molecule has 0 aliphatic heterocycles. The van der Waals surface area contributed by atoms with Crippen LogP contribution in [0.3, 0.4) is 0 Å². The summed E-state index contributed by atoms with van der Waals surface area (Å²) in [5.41, 5.74) is 2.35. The molecule has 0 fully saturated rings. The molecule has 2 aromatic carbocycles. The number of halogens is 3. The molecule has 0 aliphatic carbocycles. The van der Waals surface area contributed by atoms with Gasteiger partial charge in [0.25, 0.3) is 0 Å². The van der Waals surface area contributed by atoms with Crippen molar-refractivity contribution in [1.29, 1.82) is 0 Å². The molecule has 1 atom stereocenters. The van der Waals surface area contributed by atoms with Gasteiger partial charge in [0.15, 0.2) is 0 Å². The lowest BCUT2D eigenvalue weighted by Crippen LogP contribution is -2.18. The Morgan fingerprint density at radius 2 is 1.89 bits per heavy atom. The van der Waals surface area contributed by atoms with E-state index in [9.17, 15) is 0 Å². The van der Waals surface area contributed by atoms with Crippen LogP contribution in [-0.4, -0.2) is 7.05 Å². The van der Waals surface area contributed by atoms with Crippen molar-refractivity contribution in [2.45, 2.75) is 12.5 Å². The molecule has 2 aromatic rings. The lowest BCUT2D eigenvalue weighted by atomic mass is 9.99. The monoisotopic (exact) mass is 357 g/mol. The summed E-state index contributed by atoms with van der Waals surface area (Å²) in [6.07, 6.45) is 0.865. The minimum absolute atomic E-state index is 0.202. The summed E-state index contributed by atoms with van der Waals surface area (Å²) in [5.74, 6) is 0. The van der Waals surface area contributed by atoms with Crippen LogP contribution < -0.4 is 5.32 Å². The second kappa shape index (κ2) is 6.76.